The van der Waals surface area contributed by atoms with Crippen molar-refractivity contribution in [2.75, 3.05) is 18.4 Å². The molecule has 1 N–H and O–H groups in total. The molecular weight excluding hydrogens is 357 g/mol. The van der Waals surface area contributed by atoms with Crippen LogP contribution >= 0.6 is 0 Å². The standard InChI is InChI=1S/C20H21F3N2O2/c1-3-11-25(12-4-2)20(27)14-7-5-13(6-8-14)19(26)24-16-10-9-15(21)17(22)18(16)23/h5-10H,3-4,11-12H2,1-2H3,(H,24,26). The number of halogens is 3. The van der Waals surface area contributed by atoms with E-state index in [0.29, 0.717) is 18.7 Å². The van der Waals surface area contributed by atoms with Crippen molar-refractivity contribution in [3.05, 3.63) is 65.0 Å². The quantitative estimate of drug-likeness (QED) is 0.715. The molecule has 0 spiro atoms. The Morgan fingerprint density at radius 2 is 1.41 bits per heavy atom. The van der Waals surface area contributed by atoms with E-state index in [1.807, 2.05) is 13.8 Å². The van der Waals surface area contributed by atoms with Crippen LogP contribution in [0.2, 0.25) is 0 Å². The predicted molar refractivity (Wildman–Crippen MR) is 97.2 cm³/mol. The molecule has 144 valence electrons. The van der Waals surface area contributed by atoms with E-state index in [2.05, 4.69) is 5.32 Å². The van der Waals surface area contributed by atoms with Crippen molar-refractivity contribution in [1.29, 1.82) is 0 Å². The van der Waals surface area contributed by atoms with E-state index in [0.717, 1.165) is 25.0 Å². The number of amides is 2. The van der Waals surface area contributed by atoms with E-state index in [1.54, 1.807) is 4.90 Å². The lowest BCUT2D eigenvalue weighted by atomic mass is 10.1. The minimum Gasteiger partial charge on any atom is -0.339 e. The SMILES string of the molecule is CCCN(CCC)C(=O)c1ccc(C(=O)Nc2ccc(F)c(F)c2F)cc1. The van der Waals surface area contributed by atoms with Gasteiger partial charge in [-0.05, 0) is 49.2 Å². The van der Waals surface area contributed by atoms with Gasteiger partial charge in [0.05, 0.1) is 5.69 Å². The zero-order valence-electron chi connectivity index (χ0n) is 15.2. The second-order valence-electron chi connectivity index (χ2n) is 6.05. The van der Waals surface area contributed by atoms with Gasteiger partial charge in [-0.2, -0.15) is 0 Å². The Balaban J connectivity index is 2.13. The molecule has 0 saturated carbocycles. The van der Waals surface area contributed by atoms with Crippen molar-refractivity contribution in [2.24, 2.45) is 0 Å². The maximum atomic E-state index is 13.7. The van der Waals surface area contributed by atoms with Crippen molar-refractivity contribution in [1.82, 2.24) is 4.90 Å². The summed E-state index contributed by atoms with van der Waals surface area (Å²) in [5.41, 5.74) is 0.136. The monoisotopic (exact) mass is 378 g/mol. The second kappa shape index (κ2) is 9.21. The van der Waals surface area contributed by atoms with Gasteiger partial charge in [0, 0.05) is 24.2 Å². The third-order valence-corrected chi connectivity index (χ3v) is 3.95. The highest BCUT2D eigenvalue weighted by atomic mass is 19.2. The fraction of sp³-hybridized carbons (Fsp3) is 0.300. The first kappa shape index (κ1) is 20.5. The van der Waals surface area contributed by atoms with Crippen LogP contribution in [0.3, 0.4) is 0 Å². The lowest BCUT2D eigenvalue weighted by molar-refractivity contribution is 0.0755. The number of nitrogens with zero attached hydrogens (tertiary/aromatic N) is 1. The van der Waals surface area contributed by atoms with E-state index in [1.165, 1.54) is 24.3 Å². The van der Waals surface area contributed by atoms with Crippen LogP contribution in [0, 0.1) is 17.5 Å². The summed E-state index contributed by atoms with van der Waals surface area (Å²) in [6.45, 7) is 5.26. The summed E-state index contributed by atoms with van der Waals surface area (Å²) >= 11 is 0. The van der Waals surface area contributed by atoms with Crippen LogP contribution in [0.15, 0.2) is 36.4 Å². The molecule has 2 aromatic carbocycles. The van der Waals surface area contributed by atoms with Crippen LogP contribution in [-0.4, -0.2) is 29.8 Å². The Bertz CT molecular complexity index is 817. The summed E-state index contributed by atoms with van der Waals surface area (Å²) in [5, 5.41) is 2.19. The number of anilines is 1. The zero-order chi connectivity index (χ0) is 20.0. The molecule has 2 amide bonds. The number of rotatable bonds is 7. The van der Waals surface area contributed by atoms with Crippen LogP contribution in [0.5, 0.6) is 0 Å². The molecule has 2 aromatic rings. The van der Waals surface area contributed by atoms with E-state index in [9.17, 15) is 22.8 Å². The summed E-state index contributed by atoms with van der Waals surface area (Å²) in [6, 6.07) is 7.55. The highest BCUT2D eigenvalue weighted by Gasteiger charge is 2.17. The Labute approximate surface area is 156 Å². The molecule has 0 aliphatic rings. The smallest absolute Gasteiger partial charge is 0.255 e. The van der Waals surface area contributed by atoms with Gasteiger partial charge >= 0.3 is 0 Å². The zero-order valence-corrected chi connectivity index (χ0v) is 15.2. The van der Waals surface area contributed by atoms with Crippen molar-refractivity contribution in [3.8, 4) is 0 Å². The number of nitrogens with one attached hydrogen (secondary N) is 1. The second-order valence-corrected chi connectivity index (χ2v) is 6.05. The topological polar surface area (TPSA) is 49.4 Å². The summed E-state index contributed by atoms with van der Waals surface area (Å²) in [4.78, 5) is 26.4. The number of benzene rings is 2. The van der Waals surface area contributed by atoms with Crippen LogP contribution < -0.4 is 5.32 Å². The first-order valence-electron chi connectivity index (χ1n) is 8.73. The average Bonchev–Trinajstić information content (AvgIpc) is 2.67. The molecule has 0 atom stereocenters. The molecule has 4 nitrogen and oxygen atoms in total. The first-order chi connectivity index (χ1) is 12.9. The van der Waals surface area contributed by atoms with Crippen LogP contribution in [0.25, 0.3) is 0 Å². The highest BCUT2D eigenvalue weighted by Crippen LogP contribution is 2.20. The van der Waals surface area contributed by atoms with Gasteiger partial charge in [0.2, 0.25) is 0 Å². The molecule has 0 unspecified atom stereocenters. The molecule has 0 fully saturated rings. The Morgan fingerprint density at radius 3 is 1.96 bits per heavy atom. The third kappa shape index (κ3) is 4.87. The minimum absolute atomic E-state index is 0.127. The number of carbonyl (C=O) groups excluding carboxylic acids is 2. The molecule has 0 heterocycles. The van der Waals surface area contributed by atoms with Gasteiger partial charge < -0.3 is 10.2 Å². The van der Waals surface area contributed by atoms with Crippen molar-refractivity contribution in [2.45, 2.75) is 26.7 Å². The van der Waals surface area contributed by atoms with E-state index < -0.39 is 29.0 Å². The highest BCUT2D eigenvalue weighted by molar-refractivity contribution is 6.05. The molecule has 0 aliphatic heterocycles. The molecule has 0 radical (unpaired) electrons. The van der Waals surface area contributed by atoms with Gasteiger partial charge in [-0.3, -0.25) is 9.59 Å². The predicted octanol–water partition coefficient (Wildman–Crippen LogP) is 4.62. The van der Waals surface area contributed by atoms with Gasteiger partial charge in [0.15, 0.2) is 17.5 Å². The molecule has 0 bridgehead atoms. The molecule has 27 heavy (non-hydrogen) atoms. The lowest BCUT2D eigenvalue weighted by Crippen LogP contribution is -2.32. The largest absolute Gasteiger partial charge is 0.339 e. The molecule has 2 rings (SSSR count). The lowest BCUT2D eigenvalue weighted by Gasteiger charge is -2.21. The summed E-state index contributed by atoms with van der Waals surface area (Å²) in [6.07, 6.45) is 1.68. The summed E-state index contributed by atoms with van der Waals surface area (Å²) in [7, 11) is 0. The fourth-order valence-corrected chi connectivity index (χ4v) is 2.62. The van der Waals surface area contributed by atoms with Gasteiger partial charge in [-0.1, -0.05) is 13.8 Å². The van der Waals surface area contributed by atoms with Crippen molar-refractivity contribution >= 4 is 17.5 Å². The van der Waals surface area contributed by atoms with E-state index in [-0.39, 0.29) is 11.5 Å². The van der Waals surface area contributed by atoms with Gasteiger partial charge in [-0.15, -0.1) is 0 Å². The van der Waals surface area contributed by atoms with Crippen LogP contribution in [0.4, 0.5) is 18.9 Å². The molecule has 7 heteroatoms. The van der Waals surface area contributed by atoms with Crippen LogP contribution in [0.1, 0.15) is 47.4 Å². The Kier molecular flexibility index (Phi) is 6.98. The fourth-order valence-electron chi connectivity index (χ4n) is 2.62. The summed E-state index contributed by atoms with van der Waals surface area (Å²) < 4.78 is 39.9. The number of hydrogen-bond donors (Lipinski definition) is 1. The van der Waals surface area contributed by atoms with Crippen molar-refractivity contribution in [3.63, 3.8) is 0 Å². The Morgan fingerprint density at radius 1 is 0.852 bits per heavy atom. The maximum absolute atomic E-state index is 13.7. The molecule has 0 aromatic heterocycles. The number of hydrogen-bond acceptors (Lipinski definition) is 2. The molecule has 0 saturated heterocycles. The number of carbonyl (C=O) groups is 2. The van der Waals surface area contributed by atoms with Gasteiger partial charge in [0.1, 0.15) is 0 Å². The first-order valence-corrected chi connectivity index (χ1v) is 8.73. The molecular formula is C20H21F3N2O2. The van der Waals surface area contributed by atoms with Crippen molar-refractivity contribution < 1.29 is 22.8 Å². The van der Waals surface area contributed by atoms with E-state index in [4.69, 9.17) is 0 Å². The third-order valence-electron chi connectivity index (χ3n) is 3.95. The Hall–Kier alpha value is -2.83. The van der Waals surface area contributed by atoms with E-state index >= 15 is 0 Å². The molecule has 0 aliphatic carbocycles. The minimum atomic E-state index is -1.65. The maximum Gasteiger partial charge on any atom is 0.255 e. The van der Waals surface area contributed by atoms with Crippen LogP contribution in [-0.2, 0) is 0 Å². The summed E-state index contributed by atoms with van der Waals surface area (Å²) in [5.74, 6) is -5.28. The van der Waals surface area contributed by atoms with Gasteiger partial charge in [0.25, 0.3) is 11.8 Å². The average molecular weight is 378 g/mol. The van der Waals surface area contributed by atoms with Gasteiger partial charge in [-0.25, -0.2) is 13.2 Å². The normalized spacial score (nSPS) is 10.6.